The number of carbonyl (C=O) groups excluding carboxylic acids is 1. The Morgan fingerprint density at radius 3 is 2.41 bits per heavy atom. The normalized spacial score (nSPS) is 14.7. The Balaban J connectivity index is 2.82. The quantitative estimate of drug-likeness (QED) is 0.759. The van der Waals surface area contributed by atoms with Crippen LogP contribution in [0.15, 0.2) is 11.6 Å². The molecule has 1 rings (SSSR count). The number of ketones is 1. The largest absolute Gasteiger partial charge is 0.288 e. The van der Waals surface area contributed by atoms with Crippen LogP contribution in [-0.2, 0) is 0 Å². The van der Waals surface area contributed by atoms with Crippen LogP contribution in [0.5, 0.6) is 0 Å². The van der Waals surface area contributed by atoms with Gasteiger partial charge in [-0.2, -0.15) is 0 Å². The molecule has 4 heteroatoms. The van der Waals surface area contributed by atoms with Crippen molar-refractivity contribution in [2.24, 2.45) is 10.8 Å². The van der Waals surface area contributed by atoms with Crippen molar-refractivity contribution in [3.63, 3.8) is 0 Å². The fourth-order valence-corrected chi connectivity index (χ4v) is 2.86. The highest BCUT2D eigenvalue weighted by molar-refractivity contribution is 7.11. The number of halogens is 1. The number of hydrogen-bond acceptors (Lipinski definition) is 3. The minimum absolute atomic E-state index is 0.00298. The number of Topliss-reactive ketones (excluding diaryl/α,β-unsaturated/α-hetero) is 1. The summed E-state index contributed by atoms with van der Waals surface area (Å²) in [6, 6.07) is 0. The topological polar surface area (TPSA) is 30.0 Å². The van der Waals surface area contributed by atoms with E-state index >= 15 is 0 Å². The molecule has 1 aromatic rings. The number of nitrogens with zero attached hydrogens (tertiary/aromatic N) is 1. The van der Waals surface area contributed by atoms with Crippen molar-refractivity contribution < 1.29 is 9.18 Å². The molecular formula is C13H20FNOS. The number of thiazole rings is 1. The van der Waals surface area contributed by atoms with Gasteiger partial charge in [0.25, 0.3) is 0 Å². The lowest BCUT2D eigenvalue weighted by Gasteiger charge is -2.34. The third-order valence-electron chi connectivity index (χ3n) is 2.55. The van der Waals surface area contributed by atoms with E-state index in [1.54, 1.807) is 19.2 Å². The fourth-order valence-electron chi connectivity index (χ4n) is 2.26. The Hall–Kier alpha value is -0.770. The minimum Gasteiger partial charge on any atom is -0.288 e. The third kappa shape index (κ3) is 3.87. The zero-order valence-electron chi connectivity index (χ0n) is 11.1. The van der Waals surface area contributed by atoms with E-state index in [-0.39, 0.29) is 10.4 Å². The molecule has 0 N–H and O–H groups in total. The highest BCUT2D eigenvalue weighted by Gasteiger charge is 2.39. The van der Waals surface area contributed by atoms with Crippen molar-refractivity contribution in [3.05, 3.63) is 16.6 Å². The molecule has 0 saturated heterocycles. The van der Waals surface area contributed by atoms with E-state index in [9.17, 15) is 9.18 Å². The Morgan fingerprint density at radius 1 is 1.41 bits per heavy atom. The molecular weight excluding hydrogens is 237 g/mol. The van der Waals surface area contributed by atoms with Gasteiger partial charge in [-0.15, -0.1) is 11.3 Å². The number of rotatable bonds is 4. The van der Waals surface area contributed by atoms with Crippen LogP contribution in [0.25, 0.3) is 0 Å². The summed E-state index contributed by atoms with van der Waals surface area (Å²) in [7, 11) is 0. The van der Waals surface area contributed by atoms with E-state index in [1.165, 1.54) is 17.5 Å². The predicted octanol–water partition coefficient (Wildman–Crippen LogP) is 4.13. The van der Waals surface area contributed by atoms with Gasteiger partial charge in [0.15, 0.2) is 11.2 Å². The molecule has 1 atom stereocenters. The maximum Gasteiger partial charge on any atom is 0.225 e. The molecule has 0 aliphatic carbocycles. The molecule has 1 heterocycles. The molecule has 0 saturated carbocycles. The Kier molecular flexibility index (Phi) is 4.07. The van der Waals surface area contributed by atoms with Gasteiger partial charge in [-0.25, -0.2) is 9.37 Å². The van der Waals surface area contributed by atoms with E-state index in [0.717, 1.165) is 0 Å². The van der Waals surface area contributed by atoms with Crippen LogP contribution in [0.3, 0.4) is 0 Å². The molecule has 1 aromatic heterocycles. The second kappa shape index (κ2) is 4.84. The van der Waals surface area contributed by atoms with Crippen LogP contribution in [0.4, 0.5) is 4.39 Å². The first-order valence-corrected chi connectivity index (χ1v) is 6.59. The molecule has 2 nitrogen and oxygen atoms in total. The van der Waals surface area contributed by atoms with Crippen LogP contribution < -0.4 is 0 Å². The second-order valence-electron chi connectivity index (χ2n) is 6.29. The zero-order valence-corrected chi connectivity index (χ0v) is 11.9. The summed E-state index contributed by atoms with van der Waals surface area (Å²) < 4.78 is 14.3. The number of carbonyl (C=O) groups is 1. The molecule has 0 aliphatic heterocycles. The molecule has 0 fully saturated rings. The third-order valence-corrected chi connectivity index (χ3v) is 3.33. The second-order valence-corrected chi connectivity index (χ2v) is 7.18. The van der Waals surface area contributed by atoms with Crippen molar-refractivity contribution in [2.75, 3.05) is 0 Å². The van der Waals surface area contributed by atoms with Gasteiger partial charge in [-0.05, 0) is 11.8 Å². The average molecular weight is 257 g/mol. The summed E-state index contributed by atoms with van der Waals surface area (Å²) >= 11 is 1.19. The van der Waals surface area contributed by atoms with E-state index in [2.05, 4.69) is 25.8 Å². The van der Waals surface area contributed by atoms with Crippen molar-refractivity contribution in [1.82, 2.24) is 4.98 Å². The number of aromatic nitrogens is 1. The molecule has 96 valence electrons. The highest BCUT2D eigenvalue weighted by atomic mass is 32.1. The van der Waals surface area contributed by atoms with Crippen molar-refractivity contribution in [1.29, 1.82) is 0 Å². The number of alkyl halides is 1. The fraction of sp³-hybridized carbons (Fsp3) is 0.692. The van der Waals surface area contributed by atoms with Gasteiger partial charge in [0.05, 0.1) is 0 Å². The molecule has 0 spiro atoms. The highest BCUT2D eigenvalue weighted by Crippen LogP contribution is 2.38. The first kappa shape index (κ1) is 14.3. The van der Waals surface area contributed by atoms with Crippen molar-refractivity contribution >= 4 is 17.1 Å². The summed E-state index contributed by atoms with van der Waals surface area (Å²) in [6.45, 7) is 9.75. The maximum atomic E-state index is 14.3. The van der Waals surface area contributed by atoms with Crippen LogP contribution in [-0.4, -0.2) is 16.9 Å². The van der Waals surface area contributed by atoms with Crippen molar-refractivity contribution in [2.45, 2.75) is 47.2 Å². The zero-order chi connectivity index (χ0) is 13.3. The SMILES string of the molecule is CC(C)(C)CC(C)(C)C(F)C(=O)c1nccs1. The average Bonchev–Trinajstić information content (AvgIpc) is 2.64. The monoisotopic (exact) mass is 257 g/mol. The summed E-state index contributed by atoms with van der Waals surface area (Å²) in [5.41, 5.74) is -0.669. The smallest absolute Gasteiger partial charge is 0.225 e. The lowest BCUT2D eigenvalue weighted by Crippen LogP contribution is -2.36. The lowest BCUT2D eigenvalue weighted by atomic mass is 9.72. The summed E-state index contributed by atoms with van der Waals surface area (Å²) in [6.07, 6.45) is 0.688. The van der Waals surface area contributed by atoms with Gasteiger partial charge in [0.2, 0.25) is 5.78 Å². The van der Waals surface area contributed by atoms with E-state index in [1.807, 2.05) is 0 Å². The van der Waals surface area contributed by atoms with Crippen LogP contribution in [0, 0.1) is 10.8 Å². The standard InChI is InChI=1S/C13H20FNOS/c1-12(2,3)8-13(4,5)10(14)9(16)11-15-6-7-17-11/h6-7,10H,8H2,1-5H3. The Labute approximate surface area is 106 Å². The van der Waals surface area contributed by atoms with E-state index in [0.29, 0.717) is 6.42 Å². The van der Waals surface area contributed by atoms with Crippen LogP contribution in [0.1, 0.15) is 50.8 Å². The van der Waals surface area contributed by atoms with E-state index < -0.39 is 17.4 Å². The maximum absolute atomic E-state index is 14.3. The Morgan fingerprint density at radius 2 is 2.00 bits per heavy atom. The van der Waals surface area contributed by atoms with Gasteiger partial charge in [0, 0.05) is 17.0 Å². The molecule has 0 radical (unpaired) electrons. The minimum atomic E-state index is -1.49. The van der Waals surface area contributed by atoms with Crippen LogP contribution in [0.2, 0.25) is 0 Å². The van der Waals surface area contributed by atoms with Crippen molar-refractivity contribution in [3.8, 4) is 0 Å². The van der Waals surface area contributed by atoms with Gasteiger partial charge in [-0.1, -0.05) is 34.6 Å². The molecule has 0 amide bonds. The van der Waals surface area contributed by atoms with E-state index in [4.69, 9.17) is 0 Å². The molecule has 0 bridgehead atoms. The summed E-state index contributed by atoms with van der Waals surface area (Å²) in [5, 5.41) is 1.95. The molecule has 0 aliphatic rings. The van der Waals surface area contributed by atoms with Gasteiger partial charge in [-0.3, -0.25) is 4.79 Å². The molecule has 0 aromatic carbocycles. The first-order valence-electron chi connectivity index (χ1n) is 5.71. The van der Waals surface area contributed by atoms with Gasteiger partial charge >= 0.3 is 0 Å². The van der Waals surface area contributed by atoms with Crippen LogP contribution >= 0.6 is 11.3 Å². The van der Waals surface area contributed by atoms with Gasteiger partial charge in [0.1, 0.15) is 0 Å². The molecule has 17 heavy (non-hydrogen) atoms. The predicted molar refractivity (Wildman–Crippen MR) is 69.2 cm³/mol. The summed E-state index contributed by atoms with van der Waals surface area (Å²) in [5.74, 6) is -0.491. The summed E-state index contributed by atoms with van der Waals surface area (Å²) in [4.78, 5) is 15.8. The first-order chi connectivity index (χ1) is 7.63. The molecule has 1 unspecified atom stereocenters. The Bertz CT molecular complexity index is 379. The lowest BCUT2D eigenvalue weighted by molar-refractivity contribution is 0.0583. The van der Waals surface area contributed by atoms with Gasteiger partial charge < -0.3 is 0 Å². The number of hydrogen-bond donors (Lipinski definition) is 0.